The van der Waals surface area contributed by atoms with Gasteiger partial charge in [-0.05, 0) is 116 Å². The van der Waals surface area contributed by atoms with Gasteiger partial charge in [0.15, 0.2) is 5.78 Å². The van der Waals surface area contributed by atoms with Gasteiger partial charge < -0.3 is 9.84 Å². The average Bonchev–Trinajstić information content (AvgIpc) is 2.85. The van der Waals surface area contributed by atoms with E-state index in [1.54, 1.807) is 0 Å². The average molecular weight is 527 g/mol. The summed E-state index contributed by atoms with van der Waals surface area (Å²) in [6.45, 7) is 19.0. The van der Waals surface area contributed by atoms with Gasteiger partial charge in [0.05, 0.1) is 18.1 Å². The molecule has 0 bridgehead atoms. The Labute approximate surface area is 231 Å². The van der Waals surface area contributed by atoms with E-state index in [0.29, 0.717) is 36.6 Å². The number of hydrogen-bond acceptors (Lipinski definition) is 4. The molecule has 4 nitrogen and oxygen atoms in total. The highest BCUT2D eigenvalue weighted by Crippen LogP contribution is 2.75. The predicted octanol–water partition coefficient (Wildman–Crippen LogP) is 7.53. The first-order valence-corrected chi connectivity index (χ1v) is 15.8. The van der Waals surface area contributed by atoms with Crippen molar-refractivity contribution in [1.82, 2.24) is 0 Å². The van der Waals surface area contributed by atoms with E-state index in [-0.39, 0.29) is 39.5 Å². The maximum atomic E-state index is 14.5. The molecule has 0 spiro atoms. The Morgan fingerprint density at radius 2 is 1.71 bits per heavy atom. The third-order valence-corrected chi connectivity index (χ3v) is 13.9. The molecule has 5 rings (SSSR count). The Morgan fingerprint density at radius 3 is 2.39 bits per heavy atom. The van der Waals surface area contributed by atoms with Crippen LogP contribution in [0.25, 0.3) is 0 Å². The molecule has 0 radical (unpaired) electrons. The fraction of sp³-hybridized carbons (Fsp3) is 0.882. The van der Waals surface area contributed by atoms with Crippen LogP contribution >= 0.6 is 0 Å². The number of ketones is 1. The smallest absolute Gasteiger partial charge is 0.314 e. The summed E-state index contributed by atoms with van der Waals surface area (Å²) in [4.78, 5) is 28.1. The molecule has 0 aliphatic heterocycles. The first kappa shape index (κ1) is 28.4. The number of fused-ring (bicyclic) bond motifs is 7. The summed E-state index contributed by atoms with van der Waals surface area (Å²) in [7, 11) is 0. The molecule has 0 heterocycles. The Bertz CT molecular complexity index is 1020. The van der Waals surface area contributed by atoms with Gasteiger partial charge in [0.25, 0.3) is 0 Å². The lowest BCUT2D eigenvalue weighted by atomic mass is 9.33. The summed E-state index contributed by atoms with van der Waals surface area (Å²) in [5.41, 5.74) is 0.288. The number of ether oxygens (including phenoxy) is 1. The van der Waals surface area contributed by atoms with E-state index < -0.39 is 11.5 Å². The second-order valence-electron chi connectivity index (χ2n) is 15.6. The molecule has 4 fully saturated rings. The van der Waals surface area contributed by atoms with Crippen molar-refractivity contribution in [3.8, 4) is 0 Å². The van der Waals surface area contributed by atoms with Gasteiger partial charge in [0.2, 0.25) is 0 Å². The summed E-state index contributed by atoms with van der Waals surface area (Å²) < 4.78 is 5.78. The van der Waals surface area contributed by atoms with Crippen molar-refractivity contribution < 1.29 is 19.4 Å². The van der Waals surface area contributed by atoms with Crippen molar-refractivity contribution in [2.45, 2.75) is 126 Å². The summed E-state index contributed by atoms with van der Waals surface area (Å²) >= 11 is 0. The Morgan fingerprint density at radius 1 is 1.00 bits per heavy atom. The van der Waals surface area contributed by atoms with Gasteiger partial charge >= 0.3 is 5.97 Å². The fourth-order valence-electron chi connectivity index (χ4n) is 11.1. The van der Waals surface area contributed by atoms with Crippen LogP contribution in [0.15, 0.2) is 11.6 Å². The minimum Gasteiger partial charge on any atom is -0.465 e. The second-order valence-corrected chi connectivity index (χ2v) is 15.6. The van der Waals surface area contributed by atoms with E-state index in [0.717, 1.165) is 38.5 Å². The number of allylic oxidation sites excluding steroid dienone is 2. The SMILES string of the molecule is CCCCOC(=O)[C@@]1(C)[C@H](O)CC[C@@]2(C)[C@H]1CC[C@]1(C)[C@@H]2C(=O)C=C2[C@@H]3[C@@H](C)[C@H](C)CC[C@]3(C)CC[C@]21C. The molecule has 0 aromatic heterocycles. The number of rotatable bonds is 4. The first-order chi connectivity index (χ1) is 17.7. The van der Waals surface area contributed by atoms with Crippen LogP contribution in [0.5, 0.6) is 0 Å². The number of unbranched alkanes of at least 4 members (excludes halogenated alkanes) is 1. The van der Waals surface area contributed by atoms with Gasteiger partial charge in [-0.15, -0.1) is 0 Å². The van der Waals surface area contributed by atoms with Crippen LogP contribution in [0.1, 0.15) is 120 Å². The van der Waals surface area contributed by atoms with E-state index in [1.807, 2.05) is 6.92 Å². The quantitative estimate of drug-likeness (QED) is 0.304. The monoisotopic (exact) mass is 526 g/mol. The Kier molecular flexibility index (Phi) is 6.85. The van der Waals surface area contributed by atoms with Crippen LogP contribution in [-0.4, -0.2) is 29.6 Å². The minimum absolute atomic E-state index is 0.0108. The number of esters is 1. The maximum Gasteiger partial charge on any atom is 0.314 e. The van der Waals surface area contributed by atoms with Crippen LogP contribution in [-0.2, 0) is 14.3 Å². The van der Waals surface area contributed by atoms with Crippen molar-refractivity contribution in [3.05, 3.63) is 11.6 Å². The van der Waals surface area contributed by atoms with Crippen LogP contribution in [0.4, 0.5) is 0 Å². The molecule has 214 valence electrons. The molecular weight excluding hydrogens is 472 g/mol. The van der Waals surface area contributed by atoms with Crippen LogP contribution in [0.2, 0.25) is 0 Å². The molecule has 0 unspecified atom stereocenters. The molecule has 0 aromatic carbocycles. The topological polar surface area (TPSA) is 63.6 Å². The minimum atomic E-state index is -0.967. The Balaban J connectivity index is 1.57. The van der Waals surface area contributed by atoms with Crippen molar-refractivity contribution >= 4 is 11.8 Å². The van der Waals surface area contributed by atoms with Crippen LogP contribution in [0, 0.1) is 56.7 Å². The molecule has 38 heavy (non-hydrogen) atoms. The van der Waals surface area contributed by atoms with Gasteiger partial charge in [0, 0.05) is 5.92 Å². The predicted molar refractivity (Wildman–Crippen MR) is 151 cm³/mol. The molecular formula is C34H54O4. The zero-order valence-electron chi connectivity index (χ0n) is 25.5. The molecule has 4 heteroatoms. The fourth-order valence-corrected chi connectivity index (χ4v) is 11.1. The summed E-state index contributed by atoms with van der Waals surface area (Å²) in [6, 6.07) is 0. The molecule has 0 saturated heterocycles. The van der Waals surface area contributed by atoms with E-state index in [1.165, 1.54) is 24.8 Å². The highest BCUT2D eigenvalue weighted by atomic mass is 16.5. The zero-order valence-corrected chi connectivity index (χ0v) is 25.5. The molecule has 5 aliphatic rings. The number of aliphatic hydroxyl groups excluding tert-OH is 1. The molecule has 11 atom stereocenters. The number of aliphatic hydroxyl groups is 1. The molecule has 4 saturated carbocycles. The number of hydrogen-bond donors (Lipinski definition) is 1. The maximum absolute atomic E-state index is 14.5. The van der Waals surface area contributed by atoms with E-state index >= 15 is 0 Å². The van der Waals surface area contributed by atoms with Crippen molar-refractivity contribution in [3.63, 3.8) is 0 Å². The lowest BCUT2D eigenvalue weighted by Gasteiger charge is -2.70. The largest absolute Gasteiger partial charge is 0.465 e. The third kappa shape index (κ3) is 3.56. The van der Waals surface area contributed by atoms with E-state index in [2.05, 4.69) is 54.5 Å². The second kappa shape index (κ2) is 9.18. The van der Waals surface area contributed by atoms with Gasteiger partial charge in [-0.3, -0.25) is 9.59 Å². The molecule has 1 N–H and O–H groups in total. The van der Waals surface area contributed by atoms with E-state index in [9.17, 15) is 14.7 Å². The normalized spacial score (nSPS) is 52.1. The van der Waals surface area contributed by atoms with Gasteiger partial charge in [0.1, 0.15) is 0 Å². The first-order valence-electron chi connectivity index (χ1n) is 15.8. The van der Waals surface area contributed by atoms with E-state index in [4.69, 9.17) is 4.74 Å². The highest BCUT2D eigenvalue weighted by molar-refractivity contribution is 5.96. The lowest BCUT2D eigenvalue weighted by Crippen LogP contribution is -2.68. The number of carbonyl (C=O) groups excluding carboxylic acids is 2. The summed E-state index contributed by atoms with van der Waals surface area (Å²) in [5, 5.41) is 11.3. The third-order valence-electron chi connectivity index (χ3n) is 13.9. The summed E-state index contributed by atoms with van der Waals surface area (Å²) in [6.07, 6.45) is 11.3. The van der Waals surface area contributed by atoms with Crippen molar-refractivity contribution in [2.24, 2.45) is 56.7 Å². The van der Waals surface area contributed by atoms with Crippen molar-refractivity contribution in [1.29, 1.82) is 0 Å². The van der Waals surface area contributed by atoms with Crippen LogP contribution in [0.3, 0.4) is 0 Å². The zero-order chi connectivity index (χ0) is 27.9. The van der Waals surface area contributed by atoms with Gasteiger partial charge in [-0.25, -0.2) is 0 Å². The summed E-state index contributed by atoms with van der Waals surface area (Å²) in [5.74, 6) is 1.59. The van der Waals surface area contributed by atoms with Gasteiger partial charge in [-0.1, -0.05) is 60.5 Å². The van der Waals surface area contributed by atoms with Crippen molar-refractivity contribution in [2.75, 3.05) is 6.61 Å². The highest BCUT2D eigenvalue weighted by Gasteiger charge is 2.71. The van der Waals surface area contributed by atoms with Gasteiger partial charge in [-0.2, -0.15) is 0 Å². The lowest BCUT2D eigenvalue weighted by molar-refractivity contribution is -0.218. The molecule has 0 aromatic rings. The van der Waals surface area contributed by atoms with Crippen LogP contribution < -0.4 is 0 Å². The Hall–Kier alpha value is -1.16. The standard InChI is InChI=1S/C34H54O4/c1-9-10-19-38-29(37)34(8)25-12-16-33(7)28(31(25,5)15-13-26(34)36)24(35)20-23-27-22(3)21(2)11-14-30(27,4)17-18-32(23,33)6/h20-22,25-28,36H,9-19H2,1-8H3/t21-,22+,25-,26-,27+,28-,30-,31+,32-,33-,34-/m1/s1. The molecule has 0 amide bonds. The number of carbonyl (C=O) groups is 2. The molecule has 5 aliphatic carbocycles.